The zero-order chi connectivity index (χ0) is 15.6. The summed E-state index contributed by atoms with van der Waals surface area (Å²) in [5.41, 5.74) is -0.234. The fourth-order valence-corrected chi connectivity index (χ4v) is 3.66. The minimum Gasteiger partial charge on any atom is -0.477 e. The molecule has 0 saturated heterocycles. The summed E-state index contributed by atoms with van der Waals surface area (Å²) in [7, 11) is -3.99. The maximum atomic E-state index is 12.1. The minimum atomic E-state index is -3.99. The minimum absolute atomic E-state index is 0.0227. The molecule has 1 aromatic carbocycles. The molecular formula is C11H8N2O6S2. The summed E-state index contributed by atoms with van der Waals surface area (Å²) in [6.07, 6.45) is 0. The Bertz CT molecular complexity index is 812. The molecule has 0 fully saturated rings. The molecule has 0 unspecified atom stereocenters. The fourth-order valence-electron chi connectivity index (χ4n) is 1.47. The van der Waals surface area contributed by atoms with E-state index in [1.165, 1.54) is 24.3 Å². The zero-order valence-electron chi connectivity index (χ0n) is 10.2. The van der Waals surface area contributed by atoms with Crippen LogP contribution in [0.15, 0.2) is 40.6 Å². The lowest BCUT2D eigenvalue weighted by molar-refractivity contribution is -0.384. The average molecular weight is 328 g/mol. The van der Waals surface area contributed by atoms with Crippen LogP contribution in [0.25, 0.3) is 0 Å². The van der Waals surface area contributed by atoms with Crippen molar-refractivity contribution in [3.63, 3.8) is 0 Å². The molecule has 21 heavy (non-hydrogen) atoms. The Balaban J connectivity index is 2.30. The lowest BCUT2D eigenvalue weighted by atomic mass is 10.3. The number of nitrogens with one attached hydrogen (secondary N) is 1. The van der Waals surface area contributed by atoms with Gasteiger partial charge < -0.3 is 5.11 Å². The maximum Gasteiger partial charge on any atom is 0.345 e. The van der Waals surface area contributed by atoms with Gasteiger partial charge in [-0.25, -0.2) is 13.2 Å². The van der Waals surface area contributed by atoms with E-state index in [0.717, 1.165) is 12.1 Å². The number of hydrogen-bond donors (Lipinski definition) is 2. The van der Waals surface area contributed by atoms with E-state index < -0.39 is 20.9 Å². The summed E-state index contributed by atoms with van der Waals surface area (Å²) < 4.78 is 26.1. The number of thiophene rings is 1. The predicted molar refractivity (Wildman–Crippen MR) is 75.2 cm³/mol. The number of non-ortho nitro benzene ring substituents is 1. The topological polar surface area (TPSA) is 127 Å². The Morgan fingerprint density at radius 3 is 2.57 bits per heavy atom. The lowest BCUT2D eigenvalue weighted by Crippen LogP contribution is -2.11. The van der Waals surface area contributed by atoms with Crippen molar-refractivity contribution in [3.8, 4) is 0 Å². The van der Waals surface area contributed by atoms with Crippen LogP contribution in [0.4, 0.5) is 11.4 Å². The van der Waals surface area contributed by atoms with Gasteiger partial charge in [0.2, 0.25) is 0 Å². The molecule has 0 aliphatic carbocycles. The Labute approximate surface area is 122 Å². The van der Waals surface area contributed by atoms with Gasteiger partial charge >= 0.3 is 5.97 Å². The van der Waals surface area contributed by atoms with Gasteiger partial charge in [-0.3, -0.25) is 14.8 Å². The van der Waals surface area contributed by atoms with Crippen LogP contribution < -0.4 is 4.72 Å². The molecule has 8 nitrogen and oxygen atoms in total. The smallest absolute Gasteiger partial charge is 0.345 e. The van der Waals surface area contributed by atoms with E-state index in [9.17, 15) is 23.3 Å². The number of carbonyl (C=O) groups is 1. The first-order valence-electron chi connectivity index (χ1n) is 5.40. The molecule has 1 heterocycles. The molecule has 110 valence electrons. The molecule has 0 aliphatic heterocycles. The first-order valence-corrected chi connectivity index (χ1v) is 7.70. The van der Waals surface area contributed by atoms with Gasteiger partial charge in [-0.2, -0.15) is 0 Å². The van der Waals surface area contributed by atoms with Gasteiger partial charge in [0.15, 0.2) is 0 Å². The van der Waals surface area contributed by atoms with E-state index >= 15 is 0 Å². The standard InChI is InChI=1S/C11H8N2O6S2/c14-11(15)9-4-5-10(20-9)21(18,19)12-7-2-1-3-8(6-7)13(16)17/h1-6,12H,(H,14,15). The quantitative estimate of drug-likeness (QED) is 0.639. The number of carboxylic acid groups (broad SMARTS) is 1. The number of hydrogen-bond acceptors (Lipinski definition) is 6. The molecule has 0 bridgehead atoms. The van der Waals surface area contributed by atoms with E-state index in [-0.39, 0.29) is 20.5 Å². The summed E-state index contributed by atoms with van der Waals surface area (Å²) >= 11 is 0.594. The number of nitrogens with zero attached hydrogens (tertiary/aromatic N) is 1. The first kappa shape index (κ1) is 14.9. The Morgan fingerprint density at radius 1 is 1.29 bits per heavy atom. The summed E-state index contributed by atoms with van der Waals surface area (Å²) in [6.45, 7) is 0. The average Bonchev–Trinajstić information content (AvgIpc) is 2.89. The molecule has 2 N–H and O–H groups in total. The van der Waals surface area contributed by atoms with Crippen molar-refractivity contribution < 1.29 is 23.2 Å². The van der Waals surface area contributed by atoms with Crippen molar-refractivity contribution in [1.82, 2.24) is 0 Å². The monoisotopic (exact) mass is 328 g/mol. The van der Waals surface area contributed by atoms with Crippen LogP contribution in [-0.2, 0) is 10.0 Å². The molecule has 2 rings (SSSR count). The molecule has 0 spiro atoms. The van der Waals surface area contributed by atoms with Crippen LogP contribution in [0.3, 0.4) is 0 Å². The van der Waals surface area contributed by atoms with Crippen LogP contribution in [0.1, 0.15) is 9.67 Å². The first-order chi connectivity index (χ1) is 9.79. The number of sulfonamides is 1. The number of carboxylic acids is 1. The molecule has 1 aromatic heterocycles. The number of rotatable bonds is 5. The Kier molecular flexibility index (Phi) is 3.91. The molecule has 0 amide bonds. The van der Waals surface area contributed by atoms with Crippen LogP contribution in [0.5, 0.6) is 0 Å². The molecule has 2 aromatic rings. The Morgan fingerprint density at radius 2 is 2.00 bits per heavy atom. The van der Waals surface area contributed by atoms with Gasteiger partial charge in [0.05, 0.1) is 10.6 Å². The Hall–Kier alpha value is -2.46. The highest BCUT2D eigenvalue weighted by Gasteiger charge is 2.20. The highest BCUT2D eigenvalue weighted by molar-refractivity contribution is 7.94. The van der Waals surface area contributed by atoms with E-state index in [2.05, 4.69) is 4.72 Å². The van der Waals surface area contributed by atoms with E-state index in [1.807, 2.05) is 0 Å². The summed E-state index contributed by atoms with van der Waals surface area (Å²) in [5.74, 6) is -1.23. The highest BCUT2D eigenvalue weighted by Crippen LogP contribution is 2.25. The highest BCUT2D eigenvalue weighted by atomic mass is 32.2. The lowest BCUT2D eigenvalue weighted by Gasteiger charge is -2.05. The van der Waals surface area contributed by atoms with Gasteiger partial charge in [-0.05, 0) is 18.2 Å². The molecule has 0 aliphatic rings. The van der Waals surface area contributed by atoms with Crippen LogP contribution >= 0.6 is 11.3 Å². The summed E-state index contributed by atoms with van der Waals surface area (Å²) in [5, 5.41) is 19.4. The predicted octanol–water partition coefficient (Wildman–Crippen LogP) is 2.16. The molecule has 0 saturated carbocycles. The van der Waals surface area contributed by atoms with Crippen molar-refractivity contribution in [2.24, 2.45) is 0 Å². The third-order valence-electron chi connectivity index (χ3n) is 2.37. The van der Waals surface area contributed by atoms with E-state index in [1.54, 1.807) is 0 Å². The molecule has 10 heteroatoms. The largest absolute Gasteiger partial charge is 0.477 e. The number of aromatic carboxylic acids is 1. The van der Waals surface area contributed by atoms with Gasteiger partial charge in [0, 0.05) is 12.1 Å². The second kappa shape index (κ2) is 5.50. The second-order valence-electron chi connectivity index (χ2n) is 3.84. The third kappa shape index (κ3) is 3.35. The molecular weight excluding hydrogens is 320 g/mol. The SMILES string of the molecule is O=C(O)c1ccc(S(=O)(=O)Nc2cccc([N+](=O)[O-])c2)s1. The van der Waals surface area contributed by atoms with Crippen molar-refractivity contribution in [2.75, 3.05) is 4.72 Å². The molecule has 0 radical (unpaired) electrons. The van der Waals surface area contributed by atoms with E-state index in [0.29, 0.717) is 11.3 Å². The zero-order valence-corrected chi connectivity index (χ0v) is 11.8. The normalized spacial score (nSPS) is 11.0. The van der Waals surface area contributed by atoms with E-state index in [4.69, 9.17) is 5.11 Å². The molecule has 0 atom stereocenters. The summed E-state index contributed by atoms with van der Waals surface area (Å²) in [6, 6.07) is 7.33. The van der Waals surface area contributed by atoms with Crippen molar-refractivity contribution in [2.45, 2.75) is 4.21 Å². The second-order valence-corrected chi connectivity index (χ2v) is 6.83. The third-order valence-corrected chi connectivity index (χ3v) is 5.31. The summed E-state index contributed by atoms with van der Waals surface area (Å²) in [4.78, 5) is 20.6. The number of benzene rings is 1. The number of nitro benzene ring substituents is 1. The van der Waals surface area contributed by atoms with Gasteiger partial charge in [-0.1, -0.05) is 6.07 Å². The van der Waals surface area contributed by atoms with Crippen LogP contribution in [-0.4, -0.2) is 24.4 Å². The maximum absolute atomic E-state index is 12.1. The van der Waals surface area contributed by atoms with Gasteiger partial charge in [0.1, 0.15) is 9.09 Å². The van der Waals surface area contributed by atoms with Crippen molar-refractivity contribution in [1.29, 1.82) is 0 Å². The van der Waals surface area contributed by atoms with Crippen LogP contribution in [0, 0.1) is 10.1 Å². The van der Waals surface area contributed by atoms with Crippen molar-refractivity contribution in [3.05, 3.63) is 51.4 Å². The van der Waals surface area contributed by atoms with Gasteiger partial charge in [0.25, 0.3) is 15.7 Å². The van der Waals surface area contributed by atoms with Gasteiger partial charge in [-0.15, -0.1) is 11.3 Å². The van der Waals surface area contributed by atoms with Crippen LogP contribution in [0.2, 0.25) is 0 Å². The number of anilines is 1. The number of nitro groups is 1. The van der Waals surface area contributed by atoms with Crippen molar-refractivity contribution >= 4 is 38.7 Å². The fraction of sp³-hybridized carbons (Fsp3) is 0.